The van der Waals surface area contributed by atoms with Crippen LogP contribution >= 0.6 is 11.6 Å². The van der Waals surface area contributed by atoms with Crippen LogP contribution in [-0.4, -0.2) is 6.04 Å². The highest BCUT2D eigenvalue weighted by Crippen LogP contribution is 2.40. The minimum absolute atomic E-state index is 0.109. The number of halogens is 2. The summed E-state index contributed by atoms with van der Waals surface area (Å²) in [5.41, 5.74) is 7.18. The van der Waals surface area contributed by atoms with Crippen LogP contribution in [0.2, 0.25) is 5.02 Å². The lowest BCUT2D eigenvalue weighted by molar-refractivity contribution is 0.350. The Labute approximate surface area is 106 Å². The molecule has 2 nitrogen and oxygen atoms in total. The van der Waals surface area contributed by atoms with Gasteiger partial charge in [-0.25, -0.2) is 4.39 Å². The van der Waals surface area contributed by atoms with Crippen LogP contribution in [0.5, 0.6) is 0 Å². The number of anilines is 2. The number of nitrogen functional groups attached to an aromatic ring is 1. The van der Waals surface area contributed by atoms with E-state index in [9.17, 15) is 4.39 Å². The third-order valence-electron chi connectivity index (χ3n) is 3.68. The minimum atomic E-state index is -0.472. The first-order chi connectivity index (χ1) is 7.90. The zero-order chi connectivity index (χ0) is 12.6. The smallest absolute Gasteiger partial charge is 0.143 e. The van der Waals surface area contributed by atoms with E-state index in [1.54, 1.807) is 6.07 Å². The third kappa shape index (κ3) is 2.49. The molecule has 94 valence electrons. The Hall–Kier alpha value is -0.960. The van der Waals surface area contributed by atoms with E-state index in [0.717, 1.165) is 12.1 Å². The molecule has 1 aliphatic rings. The molecule has 1 fully saturated rings. The van der Waals surface area contributed by atoms with E-state index in [1.165, 1.54) is 18.9 Å². The minimum Gasteiger partial charge on any atom is -0.397 e. The van der Waals surface area contributed by atoms with Gasteiger partial charge < -0.3 is 11.1 Å². The Kier molecular flexibility index (Phi) is 3.21. The fourth-order valence-corrected chi connectivity index (χ4v) is 2.63. The Morgan fingerprint density at radius 3 is 2.76 bits per heavy atom. The van der Waals surface area contributed by atoms with Crippen molar-refractivity contribution in [1.29, 1.82) is 0 Å². The van der Waals surface area contributed by atoms with Crippen molar-refractivity contribution in [3.63, 3.8) is 0 Å². The van der Waals surface area contributed by atoms with Gasteiger partial charge in [0, 0.05) is 12.1 Å². The second-order valence-corrected chi connectivity index (χ2v) is 5.84. The van der Waals surface area contributed by atoms with Crippen molar-refractivity contribution in [3.8, 4) is 0 Å². The van der Waals surface area contributed by atoms with Gasteiger partial charge >= 0.3 is 0 Å². The van der Waals surface area contributed by atoms with Gasteiger partial charge in [-0.1, -0.05) is 31.9 Å². The topological polar surface area (TPSA) is 38.0 Å². The number of nitrogens with two attached hydrogens (primary N) is 1. The van der Waals surface area contributed by atoms with Crippen LogP contribution < -0.4 is 11.1 Å². The number of nitrogens with one attached hydrogen (secondary N) is 1. The van der Waals surface area contributed by atoms with Gasteiger partial charge in [0.25, 0.3) is 0 Å². The Morgan fingerprint density at radius 2 is 2.18 bits per heavy atom. The summed E-state index contributed by atoms with van der Waals surface area (Å²) in [6.45, 7) is 4.47. The maximum absolute atomic E-state index is 13.2. The summed E-state index contributed by atoms with van der Waals surface area (Å²) in [5, 5.41) is 3.50. The van der Waals surface area contributed by atoms with E-state index in [0.29, 0.717) is 11.7 Å². The number of rotatable bonds is 2. The average molecular weight is 257 g/mol. The van der Waals surface area contributed by atoms with Crippen molar-refractivity contribution in [1.82, 2.24) is 0 Å². The van der Waals surface area contributed by atoms with Crippen LogP contribution in [0.25, 0.3) is 0 Å². The highest BCUT2D eigenvalue weighted by Gasteiger charge is 2.34. The molecular formula is C13H18ClFN2. The predicted octanol–water partition coefficient (Wildman–Crippen LogP) is 4.05. The van der Waals surface area contributed by atoms with E-state index >= 15 is 0 Å². The average Bonchev–Trinajstić information content (AvgIpc) is 2.55. The molecule has 0 aliphatic heterocycles. The zero-order valence-corrected chi connectivity index (χ0v) is 10.9. The van der Waals surface area contributed by atoms with Crippen molar-refractivity contribution in [3.05, 3.63) is 23.0 Å². The first-order valence-corrected chi connectivity index (χ1v) is 6.29. The highest BCUT2D eigenvalue weighted by atomic mass is 35.5. The molecule has 1 unspecified atom stereocenters. The molecule has 1 aromatic rings. The van der Waals surface area contributed by atoms with Gasteiger partial charge in [0.1, 0.15) is 5.82 Å². The molecule has 17 heavy (non-hydrogen) atoms. The molecule has 0 saturated heterocycles. The van der Waals surface area contributed by atoms with Gasteiger partial charge in [-0.05, 0) is 24.3 Å². The summed E-state index contributed by atoms with van der Waals surface area (Å²) in [5.74, 6) is -0.472. The largest absolute Gasteiger partial charge is 0.397 e. The normalized spacial score (nSPS) is 22.7. The monoisotopic (exact) mass is 256 g/mol. The second kappa shape index (κ2) is 4.37. The molecule has 0 aromatic heterocycles. The van der Waals surface area contributed by atoms with Crippen LogP contribution in [0.4, 0.5) is 15.8 Å². The Balaban J connectivity index is 2.22. The molecule has 1 saturated carbocycles. The van der Waals surface area contributed by atoms with Crippen LogP contribution in [0, 0.1) is 11.2 Å². The lowest BCUT2D eigenvalue weighted by atomic mass is 9.87. The number of benzene rings is 1. The molecule has 0 bridgehead atoms. The van der Waals surface area contributed by atoms with Gasteiger partial charge in [0.2, 0.25) is 0 Å². The van der Waals surface area contributed by atoms with E-state index < -0.39 is 5.82 Å². The quantitative estimate of drug-likeness (QED) is 0.784. The lowest BCUT2D eigenvalue weighted by Crippen LogP contribution is -2.31. The van der Waals surface area contributed by atoms with Gasteiger partial charge in [-0.15, -0.1) is 0 Å². The maximum Gasteiger partial charge on any atom is 0.143 e. The SMILES string of the molecule is CC1(C)CCCC1Nc1cc(Cl)c(F)cc1N. The fraction of sp³-hybridized carbons (Fsp3) is 0.538. The molecule has 0 spiro atoms. The zero-order valence-electron chi connectivity index (χ0n) is 10.2. The Morgan fingerprint density at radius 1 is 1.47 bits per heavy atom. The van der Waals surface area contributed by atoms with Crippen LogP contribution in [-0.2, 0) is 0 Å². The summed E-state index contributed by atoms with van der Waals surface area (Å²) >= 11 is 5.77. The van der Waals surface area contributed by atoms with Gasteiger partial charge in [0.05, 0.1) is 16.4 Å². The predicted molar refractivity (Wildman–Crippen MR) is 70.9 cm³/mol. The van der Waals surface area contributed by atoms with Crippen molar-refractivity contribution in [2.75, 3.05) is 11.1 Å². The van der Waals surface area contributed by atoms with Gasteiger partial charge in [0.15, 0.2) is 0 Å². The van der Waals surface area contributed by atoms with Crippen LogP contribution in [0.1, 0.15) is 33.1 Å². The van der Waals surface area contributed by atoms with E-state index in [1.807, 2.05) is 0 Å². The maximum atomic E-state index is 13.2. The van der Waals surface area contributed by atoms with E-state index in [4.69, 9.17) is 17.3 Å². The molecule has 0 radical (unpaired) electrons. The Bertz CT molecular complexity index is 432. The standard InChI is InChI=1S/C13H18ClFN2/c1-13(2)5-3-4-12(13)17-11-6-8(14)9(15)7-10(11)16/h6-7,12,17H,3-5,16H2,1-2H3. The third-order valence-corrected chi connectivity index (χ3v) is 3.97. The van der Waals surface area contributed by atoms with E-state index in [-0.39, 0.29) is 10.4 Å². The molecule has 4 heteroatoms. The first kappa shape index (κ1) is 12.5. The molecule has 0 heterocycles. The van der Waals surface area contributed by atoms with Crippen LogP contribution in [0.15, 0.2) is 12.1 Å². The number of hydrogen-bond acceptors (Lipinski definition) is 2. The van der Waals surface area contributed by atoms with Crippen molar-refractivity contribution in [2.24, 2.45) is 5.41 Å². The van der Waals surface area contributed by atoms with Gasteiger partial charge in [-0.3, -0.25) is 0 Å². The molecule has 3 N–H and O–H groups in total. The first-order valence-electron chi connectivity index (χ1n) is 5.91. The second-order valence-electron chi connectivity index (χ2n) is 5.43. The molecule has 1 atom stereocenters. The molecule has 1 aromatic carbocycles. The van der Waals surface area contributed by atoms with Crippen LogP contribution in [0.3, 0.4) is 0 Å². The summed E-state index contributed by atoms with van der Waals surface area (Å²) in [6.07, 6.45) is 3.51. The highest BCUT2D eigenvalue weighted by molar-refractivity contribution is 6.31. The number of hydrogen-bond donors (Lipinski definition) is 2. The molecular weight excluding hydrogens is 239 g/mol. The van der Waals surface area contributed by atoms with E-state index in [2.05, 4.69) is 19.2 Å². The lowest BCUT2D eigenvalue weighted by Gasteiger charge is -2.29. The van der Waals surface area contributed by atoms with Crippen molar-refractivity contribution < 1.29 is 4.39 Å². The summed E-state index contributed by atoms with van der Waals surface area (Å²) in [6, 6.07) is 3.21. The van der Waals surface area contributed by atoms with Crippen molar-refractivity contribution in [2.45, 2.75) is 39.2 Å². The van der Waals surface area contributed by atoms with Gasteiger partial charge in [-0.2, -0.15) is 0 Å². The molecule has 0 amide bonds. The summed E-state index contributed by atoms with van der Waals surface area (Å²) in [7, 11) is 0. The van der Waals surface area contributed by atoms with Crippen molar-refractivity contribution >= 4 is 23.0 Å². The fourth-order valence-electron chi connectivity index (χ4n) is 2.47. The summed E-state index contributed by atoms with van der Waals surface area (Å²) < 4.78 is 13.2. The molecule has 1 aliphatic carbocycles. The summed E-state index contributed by atoms with van der Waals surface area (Å²) in [4.78, 5) is 0. The molecule has 2 rings (SSSR count).